The largest absolute Gasteiger partial charge is 0.332 e. The molecule has 0 saturated carbocycles. The quantitative estimate of drug-likeness (QED) is 0.492. The Hall–Kier alpha value is -3.36. The molecule has 2 aromatic carbocycles. The van der Waals surface area contributed by atoms with Crippen LogP contribution in [0.3, 0.4) is 0 Å². The second-order valence-corrected chi connectivity index (χ2v) is 8.04. The molecule has 0 aliphatic rings. The van der Waals surface area contributed by atoms with Crippen LogP contribution < -0.4 is 11.2 Å². The number of fused-ring (bicyclic) bond motifs is 1. The zero-order chi connectivity index (χ0) is 20.4. The first-order valence-corrected chi connectivity index (χ1v) is 10.2. The van der Waals surface area contributed by atoms with Crippen LogP contribution in [0.15, 0.2) is 70.3 Å². The topological polar surface area (TPSA) is 44.0 Å². The van der Waals surface area contributed by atoms with E-state index in [2.05, 4.69) is 43.0 Å². The third kappa shape index (κ3) is 3.94. The lowest BCUT2D eigenvalue weighted by atomic mass is 10.1. The summed E-state index contributed by atoms with van der Waals surface area (Å²) in [7, 11) is 1.70. The maximum Gasteiger partial charge on any atom is 0.332 e. The number of rotatable bonds is 3. The Kier molecular flexibility index (Phi) is 5.20. The van der Waals surface area contributed by atoms with Gasteiger partial charge in [0.05, 0.1) is 16.8 Å². The van der Waals surface area contributed by atoms with Crippen LogP contribution in [0.2, 0.25) is 0 Å². The predicted octanol–water partition coefficient (Wildman–Crippen LogP) is 3.71. The summed E-state index contributed by atoms with van der Waals surface area (Å²) in [5.41, 5.74) is 2.71. The van der Waals surface area contributed by atoms with Gasteiger partial charge in [-0.05, 0) is 24.1 Å². The van der Waals surface area contributed by atoms with Crippen LogP contribution in [0.25, 0.3) is 10.2 Å². The Morgan fingerprint density at radius 1 is 0.966 bits per heavy atom. The van der Waals surface area contributed by atoms with Crippen molar-refractivity contribution in [3.05, 3.63) is 103 Å². The van der Waals surface area contributed by atoms with E-state index in [1.807, 2.05) is 30.3 Å². The molecular formula is C24H20N2O2S. The highest BCUT2D eigenvalue weighted by Gasteiger charge is 2.14. The average molecular weight is 401 g/mol. The molecule has 0 amide bonds. The van der Waals surface area contributed by atoms with Gasteiger partial charge in [0.1, 0.15) is 4.83 Å². The van der Waals surface area contributed by atoms with E-state index in [9.17, 15) is 9.59 Å². The van der Waals surface area contributed by atoms with Gasteiger partial charge in [0.2, 0.25) is 0 Å². The summed E-state index contributed by atoms with van der Waals surface area (Å²) in [6, 6.07) is 19.6. The van der Waals surface area contributed by atoms with Crippen molar-refractivity contribution in [2.24, 2.45) is 7.05 Å². The number of hydrogen-bond acceptors (Lipinski definition) is 3. The number of aryl methyl sites for hydroxylation is 2. The zero-order valence-corrected chi connectivity index (χ0v) is 17.1. The highest BCUT2D eigenvalue weighted by molar-refractivity contribution is 7.19. The van der Waals surface area contributed by atoms with Crippen LogP contribution in [0.1, 0.15) is 21.6 Å². The van der Waals surface area contributed by atoms with Crippen molar-refractivity contribution in [1.82, 2.24) is 9.13 Å². The maximum absolute atomic E-state index is 13.0. The molecule has 5 heteroatoms. The molecule has 0 unspecified atom stereocenters. The molecule has 0 radical (unpaired) electrons. The van der Waals surface area contributed by atoms with Crippen LogP contribution in [-0.2, 0) is 20.0 Å². The molecule has 0 saturated heterocycles. The minimum Gasteiger partial charge on any atom is -0.287 e. The van der Waals surface area contributed by atoms with Crippen molar-refractivity contribution in [2.75, 3.05) is 0 Å². The second kappa shape index (κ2) is 7.94. The number of hydrogen-bond donors (Lipinski definition) is 0. The van der Waals surface area contributed by atoms with Crippen molar-refractivity contribution < 1.29 is 0 Å². The first-order valence-electron chi connectivity index (χ1n) is 9.34. The fraction of sp³-hybridized carbons (Fsp3) is 0.167. The van der Waals surface area contributed by atoms with Crippen LogP contribution in [0.5, 0.6) is 0 Å². The van der Waals surface area contributed by atoms with Crippen LogP contribution in [0.4, 0.5) is 0 Å². The Labute approximate surface area is 172 Å². The van der Waals surface area contributed by atoms with Crippen molar-refractivity contribution in [1.29, 1.82) is 0 Å². The summed E-state index contributed by atoms with van der Waals surface area (Å²) in [6.45, 7) is 2.31. The lowest BCUT2D eigenvalue weighted by Crippen LogP contribution is -2.38. The van der Waals surface area contributed by atoms with Crippen molar-refractivity contribution in [3.63, 3.8) is 0 Å². The molecule has 4 aromatic rings. The molecule has 144 valence electrons. The molecule has 0 spiro atoms. The van der Waals surface area contributed by atoms with E-state index in [1.165, 1.54) is 26.0 Å². The molecular weight excluding hydrogens is 380 g/mol. The van der Waals surface area contributed by atoms with Crippen LogP contribution in [0, 0.1) is 18.8 Å². The van der Waals surface area contributed by atoms with Crippen molar-refractivity contribution >= 4 is 21.6 Å². The monoisotopic (exact) mass is 400 g/mol. The first kappa shape index (κ1) is 19.0. The van der Waals surface area contributed by atoms with Crippen molar-refractivity contribution in [2.45, 2.75) is 19.9 Å². The highest BCUT2D eigenvalue weighted by atomic mass is 32.1. The smallest absolute Gasteiger partial charge is 0.287 e. The van der Waals surface area contributed by atoms with Gasteiger partial charge in [-0.1, -0.05) is 72.0 Å². The SMILES string of the molecule is Cc1ccc(CC#Cc2cc3c(=O)n(Cc4ccccc4)c(=O)n(C)c3s2)cc1. The summed E-state index contributed by atoms with van der Waals surface area (Å²) < 4.78 is 2.82. The second-order valence-electron chi connectivity index (χ2n) is 7.01. The molecule has 0 atom stereocenters. The van der Waals surface area contributed by atoms with Gasteiger partial charge >= 0.3 is 5.69 Å². The van der Waals surface area contributed by atoms with Gasteiger partial charge in [-0.25, -0.2) is 4.79 Å². The fourth-order valence-corrected chi connectivity index (χ4v) is 4.17. The average Bonchev–Trinajstić information content (AvgIpc) is 3.16. The summed E-state index contributed by atoms with van der Waals surface area (Å²) in [6.07, 6.45) is 0.645. The number of thiophene rings is 1. The van der Waals surface area contributed by atoms with Gasteiger partial charge in [0, 0.05) is 13.5 Å². The third-order valence-electron chi connectivity index (χ3n) is 4.82. The third-order valence-corrected chi connectivity index (χ3v) is 5.95. The Balaban J connectivity index is 1.69. The van der Waals surface area contributed by atoms with E-state index in [0.29, 0.717) is 16.6 Å². The summed E-state index contributed by atoms with van der Waals surface area (Å²) in [4.78, 5) is 27.1. The molecule has 4 rings (SSSR count). The first-order chi connectivity index (χ1) is 14.0. The van der Waals surface area contributed by atoms with Gasteiger partial charge < -0.3 is 0 Å². The molecule has 0 N–H and O–H groups in total. The van der Waals surface area contributed by atoms with Gasteiger partial charge in [-0.15, -0.1) is 11.3 Å². The number of aromatic nitrogens is 2. The van der Waals surface area contributed by atoms with Gasteiger partial charge in [-0.3, -0.25) is 13.9 Å². The number of benzene rings is 2. The summed E-state index contributed by atoms with van der Waals surface area (Å²) in [5, 5.41) is 0.535. The highest BCUT2D eigenvalue weighted by Crippen LogP contribution is 2.21. The predicted molar refractivity (Wildman–Crippen MR) is 119 cm³/mol. The van der Waals surface area contributed by atoms with Gasteiger partial charge in [0.25, 0.3) is 5.56 Å². The molecule has 0 fully saturated rings. The van der Waals surface area contributed by atoms with E-state index in [0.717, 1.165) is 16.0 Å². The summed E-state index contributed by atoms with van der Waals surface area (Å²) in [5.74, 6) is 6.32. The molecule has 2 aromatic heterocycles. The van der Waals surface area contributed by atoms with E-state index >= 15 is 0 Å². The number of nitrogens with zero attached hydrogens (tertiary/aromatic N) is 2. The Bertz CT molecular complexity index is 1350. The Morgan fingerprint density at radius 3 is 2.41 bits per heavy atom. The minimum atomic E-state index is -0.313. The minimum absolute atomic E-state index is 0.257. The van der Waals surface area contributed by atoms with Gasteiger partial charge in [0.15, 0.2) is 0 Å². The molecule has 2 heterocycles. The normalized spacial score (nSPS) is 10.7. The Morgan fingerprint density at radius 2 is 1.69 bits per heavy atom. The fourth-order valence-electron chi connectivity index (χ4n) is 3.19. The zero-order valence-electron chi connectivity index (χ0n) is 16.3. The van der Waals surface area contributed by atoms with Gasteiger partial charge in [-0.2, -0.15) is 0 Å². The standard InChI is InChI=1S/C24H20N2O2S/c1-17-11-13-18(14-12-17)9-6-10-20-15-21-22(27)26(16-19-7-4-3-5-8-19)24(28)25(2)23(21)29-20/h3-5,7-8,11-15H,9,16H2,1-2H3. The molecule has 0 aliphatic heterocycles. The van der Waals surface area contributed by atoms with E-state index in [4.69, 9.17) is 0 Å². The lowest BCUT2D eigenvalue weighted by molar-refractivity contribution is 0.663. The molecule has 0 aliphatic carbocycles. The summed E-state index contributed by atoms with van der Waals surface area (Å²) >= 11 is 1.38. The van der Waals surface area contributed by atoms with Crippen LogP contribution >= 0.6 is 11.3 Å². The van der Waals surface area contributed by atoms with Crippen molar-refractivity contribution in [3.8, 4) is 11.8 Å². The molecule has 0 bridgehead atoms. The van der Waals surface area contributed by atoms with E-state index in [-0.39, 0.29) is 17.8 Å². The molecule has 29 heavy (non-hydrogen) atoms. The lowest BCUT2D eigenvalue weighted by Gasteiger charge is -2.08. The molecule has 4 nitrogen and oxygen atoms in total. The van der Waals surface area contributed by atoms with E-state index in [1.54, 1.807) is 13.1 Å². The van der Waals surface area contributed by atoms with E-state index < -0.39 is 0 Å². The van der Waals surface area contributed by atoms with Crippen LogP contribution in [-0.4, -0.2) is 9.13 Å². The maximum atomic E-state index is 13.0.